The number of hydrogen-bond donors (Lipinski definition) is 0. The van der Waals surface area contributed by atoms with Crippen molar-refractivity contribution in [2.45, 2.75) is 38.5 Å². The Balaban J connectivity index is 2.18. The lowest BCUT2D eigenvalue weighted by atomic mass is 9.76. The third-order valence-corrected chi connectivity index (χ3v) is 4.43. The summed E-state index contributed by atoms with van der Waals surface area (Å²) in [6, 6.07) is 6.07. The highest BCUT2D eigenvalue weighted by molar-refractivity contribution is 9.10. The van der Waals surface area contributed by atoms with Crippen LogP contribution in [0.3, 0.4) is 0 Å². The molecule has 0 spiro atoms. The minimum absolute atomic E-state index is 0.151. The summed E-state index contributed by atoms with van der Waals surface area (Å²) in [6.45, 7) is 4.55. The normalized spacial score (nSPS) is 22.7. The first-order valence-corrected chi connectivity index (χ1v) is 7.74. The highest BCUT2D eigenvalue weighted by atomic mass is 79.9. The molecule has 0 nitrogen and oxygen atoms in total. The molecule has 98 valence electrons. The third kappa shape index (κ3) is 3.76. The van der Waals surface area contributed by atoms with Gasteiger partial charge in [-0.05, 0) is 42.4 Å². The lowest BCUT2D eigenvalue weighted by Crippen LogP contribution is -2.22. The van der Waals surface area contributed by atoms with Crippen LogP contribution in [0.5, 0.6) is 0 Å². The average Bonchev–Trinajstić information content (AvgIpc) is 2.19. The molecule has 1 unspecified atom stereocenters. The first-order chi connectivity index (χ1) is 8.35. The molecular weight excluding hydrogens is 331 g/mol. The Morgan fingerprint density at radius 1 is 1.39 bits per heavy atom. The molecule has 0 amide bonds. The topological polar surface area (TPSA) is 0 Å². The first-order valence-electron chi connectivity index (χ1n) is 6.13. The Hall–Kier alpha value is 0.0200. The predicted molar refractivity (Wildman–Crippen MR) is 83.6 cm³/mol. The summed E-state index contributed by atoms with van der Waals surface area (Å²) in [5.74, 6) is 0. The van der Waals surface area contributed by atoms with Crippen molar-refractivity contribution < 1.29 is 0 Å². The van der Waals surface area contributed by atoms with Crippen molar-refractivity contribution in [3.63, 3.8) is 0 Å². The highest BCUT2D eigenvalue weighted by Crippen LogP contribution is 2.39. The van der Waals surface area contributed by atoms with Gasteiger partial charge in [0.1, 0.15) is 0 Å². The molecule has 0 heterocycles. The van der Waals surface area contributed by atoms with E-state index in [9.17, 15) is 0 Å². The van der Waals surface area contributed by atoms with Gasteiger partial charge in [0.2, 0.25) is 0 Å². The molecule has 1 aliphatic carbocycles. The van der Waals surface area contributed by atoms with Gasteiger partial charge in [-0.1, -0.05) is 59.1 Å². The van der Waals surface area contributed by atoms with Crippen LogP contribution >= 0.6 is 39.1 Å². The van der Waals surface area contributed by atoms with Gasteiger partial charge in [-0.15, -0.1) is 11.6 Å². The number of rotatable bonds is 2. The van der Waals surface area contributed by atoms with Gasteiger partial charge in [-0.3, -0.25) is 0 Å². The van der Waals surface area contributed by atoms with E-state index in [4.69, 9.17) is 23.2 Å². The molecule has 0 bridgehead atoms. The van der Waals surface area contributed by atoms with E-state index < -0.39 is 0 Å². The van der Waals surface area contributed by atoms with Crippen LogP contribution in [0, 0.1) is 5.41 Å². The van der Waals surface area contributed by atoms with E-state index in [2.05, 4.69) is 41.9 Å². The van der Waals surface area contributed by atoms with Gasteiger partial charge in [0.15, 0.2) is 0 Å². The fourth-order valence-corrected chi connectivity index (χ4v) is 3.96. The molecule has 1 aliphatic rings. The van der Waals surface area contributed by atoms with Gasteiger partial charge >= 0.3 is 0 Å². The molecule has 0 N–H and O–H groups in total. The van der Waals surface area contributed by atoms with Gasteiger partial charge in [-0.2, -0.15) is 0 Å². The van der Waals surface area contributed by atoms with E-state index in [1.807, 2.05) is 12.1 Å². The average molecular weight is 348 g/mol. The number of halogens is 3. The SMILES string of the molecule is CC1(C)CC(Cc2ccc(Br)cc2Cl)=CC(Cl)C1. The smallest absolute Gasteiger partial charge is 0.0523 e. The fraction of sp³-hybridized carbons (Fsp3) is 0.467. The van der Waals surface area contributed by atoms with Crippen molar-refractivity contribution in [1.29, 1.82) is 0 Å². The summed E-state index contributed by atoms with van der Waals surface area (Å²) >= 11 is 16.0. The lowest BCUT2D eigenvalue weighted by Gasteiger charge is -2.32. The van der Waals surface area contributed by atoms with Crippen molar-refractivity contribution in [3.05, 3.63) is 44.9 Å². The largest absolute Gasteiger partial charge is 0.118 e. The molecule has 0 radical (unpaired) electrons. The molecule has 0 aromatic heterocycles. The maximum absolute atomic E-state index is 6.31. The van der Waals surface area contributed by atoms with Crippen LogP contribution in [0.4, 0.5) is 0 Å². The number of benzene rings is 1. The Morgan fingerprint density at radius 3 is 2.72 bits per heavy atom. The van der Waals surface area contributed by atoms with Crippen LogP contribution in [0.1, 0.15) is 32.3 Å². The molecule has 0 aliphatic heterocycles. The van der Waals surface area contributed by atoms with Crippen LogP contribution in [-0.4, -0.2) is 5.38 Å². The molecular formula is C15H17BrCl2. The van der Waals surface area contributed by atoms with Gasteiger partial charge in [0.05, 0.1) is 5.38 Å². The predicted octanol–water partition coefficient (Wildman–Crippen LogP) is 6.00. The zero-order valence-electron chi connectivity index (χ0n) is 10.6. The Bertz CT molecular complexity index is 477. The second kappa shape index (κ2) is 5.56. The van der Waals surface area contributed by atoms with Crippen LogP contribution in [0.25, 0.3) is 0 Å². The van der Waals surface area contributed by atoms with Gasteiger partial charge in [0.25, 0.3) is 0 Å². The van der Waals surface area contributed by atoms with Gasteiger partial charge in [-0.25, -0.2) is 0 Å². The molecule has 1 atom stereocenters. The summed E-state index contributed by atoms with van der Waals surface area (Å²) in [4.78, 5) is 0. The minimum Gasteiger partial charge on any atom is -0.118 e. The highest BCUT2D eigenvalue weighted by Gasteiger charge is 2.27. The second-order valence-corrected chi connectivity index (χ2v) is 7.68. The molecule has 0 saturated carbocycles. The van der Waals surface area contributed by atoms with Crippen molar-refractivity contribution >= 4 is 39.1 Å². The van der Waals surface area contributed by atoms with E-state index >= 15 is 0 Å². The van der Waals surface area contributed by atoms with Crippen LogP contribution < -0.4 is 0 Å². The third-order valence-electron chi connectivity index (χ3n) is 3.30. The maximum atomic E-state index is 6.31. The molecule has 0 saturated heterocycles. The van der Waals surface area contributed by atoms with Gasteiger partial charge < -0.3 is 0 Å². The van der Waals surface area contributed by atoms with Crippen LogP contribution in [0.2, 0.25) is 5.02 Å². The molecule has 3 heteroatoms. The van der Waals surface area contributed by atoms with E-state index in [-0.39, 0.29) is 5.38 Å². The summed E-state index contributed by atoms with van der Waals surface area (Å²) in [5.41, 5.74) is 2.86. The first kappa shape index (κ1) is 14.4. The zero-order valence-corrected chi connectivity index (χ0v) is 13.7. The Morgan fingerprint density at radius 2 is 2.11 bits per heavy atom. The summed E-state index contributed by atoms with van der Waals surface area (Å²) in [6.07, 6.45) is 5.25. The number of hydrogen-bond acceptors (Lipinski definition) is 0. The maximum Gasteiger partial charge on any atom is 0.0523 e. The fourth-order valence-electron chi connectivity index (χ4n) is 2.62. The van der Waals surface area contributed by atoms with E-state index in [1.54, 1.807) is 0 Å². The summed E-state index contributed by atoms with van der Waals surface area (Å²) in [7, 11) is 0. The van der Waals surface area contributed by atoms with Crippen molar-refractivity contribution in [3.8, 4) is 0 Å². The van der Waals surface area contributed by atoms with Crippen molar-refractivity contribution in [2.75, 3.05) is 0 Å². The molecule has 0 fully saturated rings. The monoisotopic (exact) mass is 346 g/mol. The number of alkyl halides is 1. The Kier molecular flexibility index (Phi) is 4.46. The van der Waals surface area contributed by atoms with Crippen LogP contribution in [-0.2, 0) is 6.42 Å². The van der Waals surface area contributed by atoms with E-state index in [1.165, 1.54) is 11.1 Å². The molecule has 18 heavy (non-hydrogen) atoms. The lowest BCUT2D eigenvalue weighted by molar-refractivity contribution is 0.320. The van der Waals surface area contributed by atoms with Crippen LogP contribution in [0.15, 0.2) is 34.3 Å². The number of allylic oxidation sites excluding steroid dienone is 2. The van der Waals surface area contributed by atoms with E-state index in [0.717, 1.165) is 28.8 Å². The Labute approximate surface area is 127 Å². The standard InChI is InChI=1S/C15H17BrCl2/c1-15(2)8-10(6-13(17)9-15)5-11-3-4-12(16)7-14(11)18/h3-4,6-7,13H,5,8-9H2,1-2H3. The van der Waals surface area contributed by atoms with E-state index in [0.29, 0.717) is 5.41 Å². The second-order valence-electron chi connectivity index (χ2n) is 5.80. The van der Waals surface area contributed by atoms with Gasteiger partial charge in [0, 0.05) is 9.50 Å². The summed E-state index contributed by atoms with van der Waals surface area (Å²) < 4.78 is 1.02. The van der Waals surface area contributed by atoms with Crippen molar-refractivity contribution in [1.82, 2.24) is 0 Å². The zero-order chi connectivity index (χ0) is 13.3. The quantitative estimate of drug-likeness (QED) is 0.454. The van der Waals surface area contributed by atoms with Crippen molar-refractivity contribution in [2.24, 2.45) is 5.41 Å². The summed E-state index contributed by atoms with van der Waals surface area (Å²) in [5, 5.41) is 0.970. The molecule has 2 rings (SSSR count). The minimum atomic E-state index is 0.151. The molecule has 1 aromatic rings. The molecule has 1 aromatic carbocycles.